The Kier molecular flexibility index (Phi) is 3.00. The molecule has 0 bridgehead atoms. The fourth-order valence-electron chi connectivity index (χ4n) is 1.37. The summed E-state index contributed by atoms with van der Waals surface area (Å²) >= 11 is 0. The van der Waals surface area contributed by atoms with Gasteiger partial charge in [0, 0.05) is 11.8 Å². The average Bonchev–Trinajstić information content (AvgIpc) is 2.27. The molecule has 16 heavy (non-hydrogen) atoms. The molecule has 1 aromatic heterocycles. The van der Waals surface area contributed by atoms with Crippen molar-refractivity contribution in [3.05, 3.63) is 47.7 Å². The number of nitrogens with two attached hydrogens (primary N) is 1. The third kappa shape index (κ3) is 2.70. The minimum absolute atomic E-state index is 0.239. The van der Waals surface area contributed by atoms with E-state index in [1.54, 1.807) is 6.07 Å². The molecule has 1 heterocycles. The number of aryl methyl sites for hydroxylation is 1. The summed E-state index contributed by atoms with van der Waals surface area (Å²) in [5, 5.41) is 0. The summed E-state index contributed by atoms with van der Waals surface area (Å²) in [6, 6.07) is 11.7. The van der Waals surface area contributed by atoms with E-state index in [9.17, 15) is 0 Å². The lowest BCUT2D eigenvalue weighted by atomic mass is 10.2. The second kappa shape index (κ2) is 4.61. The maximum atomic E-state index is 5.53. The van der Waals surface area contributed by atoms with E-state index in [1.807, 2.05) is 37.3 Å². The molecular weight excluding hydrogens is 202 g/mol. The molecule has 4 heteroatoms. The minimum atomic E-state index is 0.239. The smallest absolute Gasteiger partial charge is 0.223 e. The van der Waals surface area contributed by atoms with Crippen LogP contribution in [0.5, 0.6) is 5.88 Å². The number of ether oxygens (including phenoxy) is 1. The van der Waals surface area contributed by atoms with E-state index in [4.69, 9.17) is 10.5 Å². The molecular formula is C12H13N3O. The number of aromatic nitrogens is 2. The van der Waals surface area contributed by atoms with Crippen molar-refractivity contribution in [2.75, 3.05) is 5.73 Å². The zero-order valence-electron chi connectivity index (χ0n) is 9.05. The molecule has 4 nitrogen and oxygen atoms in total. The van der Waals surface area contributed by atoms with Crippen molar-refractivity contribution in [3.8, 4) is 5.88 Å². The van der Waals surface area contributed by atoms with Crippen LogP contribution in [0.4, 0.5) is 5.95 Å². The molecule has 0 radical (unpaired) electrons. The molecule has 0 spiro atoms. The van der Waals surface area contributed by atoms with Gasteiger partial charge in [0.05, 0.1) is 0 Å². The first-order chi connectivity index (χ1) is 7.74. The van der Waals surface area contributed by atoms with Crippen LogP contribution in [0.2, 0.25) is 0 Å². The lowest BCUT2D eigenvalue weighted by molar-refractivity contribution is 0.293. The monoisotopic (exact) mass is 215 g/mol. The van der Waals surface area contributed by atoms with Gasteiger partial charge in [-0.25, -0.2) is 4.98 Å². The zero-order chi connectivity index (χ0) is 11.4. The SMILES string of the molecule is Cc1cc(OCc2ccccc2)nc(N)n1. The summed E-state index contributed by atoms with van der Waals surface area (Å²) in [5.74, 6) is 0.747. The number of benzene rings is 1. The van der Waals surface area contributed by atoms with Gasteiger partial charge in [-0.3, -0.25) is 0 Å². The maximum Gasteiger partial charge on any atom is 0.223 e. The van der Waals surface area contributed by atoms with Crippen LogP contribution in [0.15, 0.2) is 36.4 Å². The van der Waals surface area contributed by atoms with Crippen molar-refractivity contribution in [2.45, 2.75) is 13.5 Å². The topological polar surface area (TPSA) is 61.0 Å². The minimum Gasteiger partial charge on any atom is -0.473 e. The van der Waals surface area contributed by atoms with Gasteiger partial charge in [0.2, 0.25) is 11.8 Å². The average molecular weight is 215 g/mol. The van der Waals surface area contributed by atoms with Crippen LogP contribution in [0.25, 0.3) is 0 Å². The van der Waals surface area contributed by atoms with Crippen molar-refractivity contribution in [2.24, 2.45) is 0 Å². The van der Waals surface area contributed by atoms with Crippen LogP contribution in [0.3, 0.4) is 0 Å². The van der Waals surface area contributed by atoms with Crippen molar-refractivity contribution in [1.82, 2.24) is 9.97 Å². The van der Waals surface area contributed by atoms with Gasteiger partial charge in [0.15, 0.2) is 0 Å². The highest BCUT2D eigenvalue weighted by Gasteiger charge is 2.00. The first-order valence-corrected chi connectivity index (χ1v) is 5.02. The lowest BCUT2D eigenvalue weighted by Gasteiger charge is -2.06. The molecule has 0 unspecified atom stereocenters. The number of hydrogen-bond acceptors (Lipinski definition) is 4. The van der Waals surface area contributed by atoms with Crippen molar-refractivity contribution in [3.63, 3.8) is 0 Å². The Bertz CT molecular complexity index is 451. The van der Waals surface area contributed by atoms with Crippen LogP contribution in [-0.2, 0) is 6.61 Å². The maximum absolute atomic E-state index is 5.53. The molecule has 2 N–H and O–H groups in total. The summed E-state index contributed by atoms with van der Waals surface area (Å²) in [4.78, 5) is 7.97. The van der Waals surface area contributed by atoms with Crippen molar-refractivity contribution in [1.29, 1.82) is 0 Å². The largest absolute Gasteiger partial charge is 0.473 e. The second-order valence-corrected chi connectivity index (χ2v) is 3.48. The summed E-state index contributed by atoms with van der Waals surface area (Å²) in [7, 11) is 0. The van der Waals surface area contributed by atoms with Gasteiger partial charge in [-0.05, 0) is 12.5 Å². The van der Waals surface area contributed by atoms with Gasteiger partial charge in [-0.15, -0.1) is 0 Å². The molecule has 0 aliphatic heterocycles. The molecule has 2 rings (SSSR count). The first-order valence-electron chi connectivity index (χ1n) is 5.02. The highest BCUT2D eigenvalue weighted by atomic mass is 16.5. The van der Waals surface area contributed by atoms with Crippen LogP contribution in [0, 0.1) is 6.92 Å². The quantitative estimate of drug-likeness (QED) is 0.850. The molecule has 0 saturated heterocycles. The van der Waals surface area contributed by atoms with E-state index in [0.29, 0.717) is 12.5 Å². The van der Waals surface area contributed by atoms with Crippen LogP contribution in [-0.4, -0.2) is 9.97 Å². The standard InChI is InChI=1S/C12H13N3O/c1-9-7-11(15-12(13)14-9)16-8-10-5-3-2-4-6-10/h2-7H,8H2,1H3,(H2,13,14,15). The number of nitrogen functional groups attached to an aromatic ring is 1. The highest BCUT2D eigenvalue weighted by Crippen LogP contribution is 2.12. The Morgan fingerprint density at radius 1 is 1.19 bits per heavy atom. The fraction of sp³-hybridized carbons (Fsp3) is 0.167. The lowest BCUT2D eigenvalue weighted by Crippen LogP contribution is -2.02. The van der Waals surface area contributed by atoms with Gasteiger partial charge >= 0.3 is 0 Å². The fourth-order valence-corrected chi connectivity index (χ4v) is 1.37. The molecule has 0 aliphatic carbocycles. The van der Waals surface area contributed by atoms with Gasteiger partial charge in [0.25, 0.3) is 0 Å². The van der Waals surface area contributed by atoms with Crippen LogP contribution >= 0.6 is 0 Å². The van der Waals surface area contributed by atoms with E-state index < -0.39 is 0 Å². The van der Waals surface area contributed by atoms with Crippen molar-refractivity contribution < 1.29 is 4.74 Å². The van der Waals surface area contributed by atoms with E-state index in [-0.39, 0.29) is 5.95 Å². The molecule has 1 aromatic carbocycles. The summed E-state index contributed by atoms with van der Waals surface area (Å²) in [6.45, 7) is 2.34. The molecule has 82 valence electrons. The Morgan fingerprint density at radius 2 is 1.94 bits per heavy atom. The van der Waals surface area contributed by atoms with Crippen LogP contribution < -0.4 is 10.5 Å². The molecule has 0 amide bonds. The summed E-state index contributed by atoms with van der Waals surface area (Å²) in [6.07, 6.45) is 0. The third-order valence-corrected chi connectivity index (χ3v) is 2.08. The number of hydrogen-bond donors (Lipinski definition) is 1. The van der Waals surface area contributed by atoms with E-state index >= 15 is 0 Å². The summed E-state index contributed by atoms with van der Waals surface area (Å²) in [5.41, 5.74) is 7.42. The molecule has 2 aromatic rings. The predicted molar refractivity (Wildman–Crippen MR) is 62.0 cm³/mol. The van der Waals surface area contributed by atoms with E-state index in [0.717, 1.165) is 11.3 Å². The van der Waals surface area contributed by atoms with Gasteiger partial charge in [0.1, 0.15) is 6.61 Å². The Morgan fingerprint density at radius 3 is 2.62 bits per heavy atom. The van der Waals surface area contributed by atoms with Crippen molar-refractivity contribution >= 4 is 5.95 Å². The Hall–Kier alpha value is -2.10. The second-order valence-electron chi connectivity index (χ2n) is 3.48. The van der Waals surface area contributed by atoms with E-state index in [2.05, 4.69) is 9.97 Å². The molecule has 0 saturated carbocycles. The van der Waals surface area contributed by atoms with E-state index in [1.165, 1.54) is 0 Å². The van der Waals surface area contributed by atoms with Crippen LogP contribution in [0.1, 0.15) is 11.3 Å². The summed E-state index contributed by atoms with van der Waals surface area (Å²) < 4.78 is 5.52. The third-order valence-electron chi connectivity index (χ3n) is 2.08. The predicted octanol–water partition coefficient (Wildman–Crippen LogP) is 1.95. The number of rotatable bonds is 3. The van der Waals surface area contributed by atoms with Gasteiger partial charge in [-0.1, -0.05) is 30.3 Å². The Balaban J connectivity index is 2.05. The molecule has 0 atom stereocenters. The first kappa shape index (κ1) is 10.4. The molecule has 0 fully saturated rings. The highest BCUT2D eigenvalue weighted by molar-refractivity contribution is 5.25. The number of nitrogens with zero attached hydrogens (tertiary/aromatic N) is 2. The Labute approximate surface area is 94.1 Å². The number of anilines is 1. The molecule has 0 aliphatic rings. The zero-order valence-corrected chi connectivity index (χ0v) is 9.05. The normalized spacial score (nSPS) is 10.1. The van der Waals surface area contributed by atoms with Gasteiger partial charge < -0.3 is 10.5 Å². The van der Waals surface area contributed by atoms with Gasteiger partial charge in [-0.2, -0.15) is 4.98 Å².